The van der Waals surface area contributed by atoms with E-state index < -0.39 is 16.2 Å². The van der Waals surface area contributed by atoms with Gasteiger partial charge in [0.25, 0.3) is 6.48 Å². The molecule has 0 aliphatic heterocycles. The number of hydrogen-bond acceptors (Lipinski definition) is 3. The molecule has 0 radical (unpaired) electrons. The molecule has 4 heteroatoms. The lowest BCUT2D eigenvalue weighted by molar-refractivity contribution is -0.248. The summed E-state index contributed by atoms with van der Waals surface area (Å²) in [6, 6.07) is 1.24. The van der Waals surface area contributed by atoms with E-state index in [1.54, 1.807) is 0 Å². The number of rotatable bonds is 16. The smallest absolute Gasteiger partial charge is 0.261 e. The van der Waals surface area contributed by atoms with Gasteiger partial charge in [0.05, 0.1) is 13.2 Å². The second kappa shape index (κ2) is 16.5. The first-order valence-corrected chi connectivity index (χ1v) is 10.6. The SMILES string of the molecule is CCCCOC(OCCCC)O[SiH2]CCCCCC(C)C. The van der Waals surface area contributed by atoms with Crippen LogP contribution in [-0.4, -0.2) is 29.5 Å². The summed E-state index contributed by atoms with van der Waals surface area (Å²) < 4.78 is 17.2. The fourth-order valence-electron chi connectivity index (χ4n) is 1.98. The van der Waals surface area contributed by atoms with E-state index in [1.807, 2.05) is 0 Å². The second-order valence-corrected chi connectivity index (χ2v) is 7.65. The van der Waals surface area contributed by atoms with Crippen LogP contribution in [0.2, 0.25) is 6.04 Å². The van der Waals surface area contributed by atoms with E-state index in [2.05, 4.69) is 27.7 Å². The Hall–Kier alpha value is 0.0969. The molecule has 0 spiro atoms. The minimum Gasteiger partial charge on any atom is -0.379 e. The monoisotopic (exact) mass is 318 g/mol. The molecule has 0 aromatic rings. The summed E-state index contributed by atoms with van der Waals surface area (Å²) in [6.07, 6.45) is 9.80. The molecule has 0 amide bonds. The highest BCUT2D eigenvalue weighted by atomic mass is 28.2. The average Bonchev–Trinajstić information content (AvgIpc) is 2.45. The van der Waals surface area contributed by atoms with Gasteiger partial charge in [-0.1, -0.05) is 66.2 Å². The summed E-state index contributed by atoms with van der Waals surface area (Å²) >= 11 is 0. The van der Waals surface area contributed by atoms with Crippen molar-refractivity contribution in [2.24, 2.45) is 5.92 Å². The van der Waals surface area contributed by atoms with Gasteiger partial charge >= 0.3 is 0 Å². The molecule has 0 saturated carbocycles. The summed E-state index contributed by atoms with van der Waals surface area (Å²) in [5.74, 6) is 0.835. The van der Waals surface area contributed by atoms with Gasteiger partial charge in [-0.05, 0) is 24.8 Å². The van der Waals surface area contributed by atoms with Crippen molar-refractivity contribution in [3.8, 4) is 0 Å². The maximum atomic E-state index is 5.86. The number of hydrogen-bond donors (Lipinski definition) is 0. The van der Waals surface area contributed by atoms with E-state index >= 15 is 0 Å². The number of ether oxygens (including phenoxy) is 2. The van der Waals surface area contributed by atoms with Crippen LogP contribution in [-0.2, 0) is 13.9 Å². The first-order valence-electron chi connectivity index (χ1n) is 9.05. The molecule has 0 unspecified atom stereocenters. The molecule has 0 rings (SSSR count). The molecular weight excluding hydrogens is 280 g/mol. The van der Waals surface area contributed by atoms with Crippen LogP contribution in [0.1, 0.15) is 79.1 Å². The highest BCUT2D eigenvalue weighted by molar-refractivity contribution is 6.27. The van der Waals surface area contributed by atoms with Crippen LogP contribution in [0.15, 0.2) is 0 Å². The molecular formula is C17H38O3Si. The quantitative estimate of drug-likeness (QED) is 0.236. The van der Waals surface area contributed by atoms with Crippen molar-refractivity contribution in [1.29, 1.82) is 0 Å². The summed E-state index contributed by atoms with van der Waals surface area (Å²) in [7, 11) is -0.502. The Balaban J connectivity index is 3.58. The second-order valence-electron chi connectivity index (χ2n) is 6.20. The van der Waals surface area contributed by atoms with Gasteiger partial charge < -0.3 is 13.9 Å². The molecule has 21 heavy (non-hydrogen) atoms. The van der Waals surface area contributed by atoms with Crippen LogP contribution in [0.5, 0.6) is 0 Å². The summed E-state index contributed by atoms with van der Waals surface area (Å²) in [4.78, 5) is 0. The number of unbranched alkanes of at least 4 members (excludes halogenated alkanes) is 4. The molecule has 0 fully saturated rings. The topological polar surface area (TPSA) is 27.7 Å². The van der Waals surface area contributed by atoms with Crippen molar-refractivity contribution in [2.75, 3.05) is 13.2 Å². The van der Waals surface area contributed by atoms with Crippen molar-refractivity contribution >= 4 is 9.76 Å². The summed E-state index contributed by atoms with van der Waals surface area (Å²) in [5.41, 5.74) is 0. The van der Waals surface area contributed by atoms with E-state index in [-0.39, 0.29) is 0 Å². The van der Waals surface area contributed by atoms with E-state index in [9.17, 15) is 0 Å². The fourth-order valence-corrected chi connectivity index (χ4v) is 3.09. The summed E-state index contributed by atoms with van der Waals surface area (Å²) in [5, 5.41) is 0. The minimum absolute atomic E-state index is 0.398. The zero-order valence-electron chi connectivity index (χ0n) is 14.9. The van der Waals surface area contributed by atoms with Gasteiger partial charge in [-0.3, -0.25) is 0 Å². The predicted molar refractivity (Wildman–Crippen MR) is 93.3 cm³/mol. The van der Waals surface area contributed by atoms with Crippen molar-refractivity contribution in [3.63, 3.8) is 0 Å². The maximum Gasteiger partial charge on any atom is 0.261 e. The predicted octanol–water partition coefficient (Wildman–Crippen LogP) is 4.64. The Morgan fingerprint density at radius 3 is 1.95 bits per heavy atom. The van der Waals surface area contributed by atoms with Gasteiger partial charge in [-0.25, -0.2) is 0 Å². The minimum atomic E-state index is -0.502. The van der Waals surface area contributed by atoms with Crippen LogP contribution in [0.4, 0.5) is 0 Å². The van der Waals surface area contributed by atoms with Crippen LogP contribution in [0, 0.1) is 5.92 Å². The van der Waals surface area contributed by atoms with Crippen molar-refractivity contribution in [3.05, 3.63) is 0 Å². The van der Waals surface area contributed by atoms with Gasteiger partial charge in [0.2, 0.25) is 0 Å². The van der Waals surface area contributed by atoms with Crippen molar-refractivity contribution in [2.45, 2.75) is 91.6 Å². The molecule has 0 saturated heterocycles. The Morgan fingerprint density at radius 2 is 1.43 bits per heavy atom. The lowest BCUT2D eigenvalue weighted by atomic mass is 10.1. The van der Waals surface area contributed by atoms with Crippen LogP contribution >= 0.6 is 0 Å². The molecule has 0 atom stereocenters. The Labute approximate surface area is 135 Å². The normalized spacial score (nSPS) is 12.3. The Morgan fingerprint density at radius 1 is 0.810 bits per heavy atom. The molecule has 0 heterocycles. The van der Waals surface area contributed by atoms with Gasteiger partial charge in [-0.15, -0.1) is 0 Å². The van der Waals surface area contributed by atoms with Crippen molar-refractivity contribution < 1.29 is 13.9 Å². The first-order chi connectivity index (χ1) is 10.2. The fraction of sp³-hybridized carbons (Fsp3) is 1.00. The van der Waals surface area contributed by atoms with E-state index in [0.717, 1.165) is 44.8 Å². The third-order valence-corrected chi connectivity index (χ3v) is 4.73. The first kappa shape index (κ1) is 21.1. The van der Waals surface area contributed by atoms with Crippen LogP contribution in [0.25, 0.3) is 0 Å². The third-order valence-electron chi connectivity index (χ3n) is 3.43. The third kappa shape index (κ3) is 16.3. The molecule has 0 bridgehead atoms. The molecule has 128 valence electrons. The zero-order valence-corrected chi connectivity index (χ0v) is 16.3. The average molecular weight is 319 g/mol. The van der Waals surface area contributed by atoms with Crippen molar-refractivity contribution in [1.82, 2.24) is 0 Å². The molecule has 0 N–H and O–H groups in total. The van der Waals surface area contributed by atoms with E-state index in [1.165, 1.54) is 31.7 Å². The van der Waals surface area contributed by atoms with Gasteiger partial charge in [0.15, 0.2) is 9.76 Å². The van der Waals surface area contributed by atoms with E-state index in [0.29, 0.717) is 0 Å². The highest BCUT2D eigenvalue weighted by Crippen LogP contribution is 2.10. The largest absolute Gasteiger partial charge is 0.379 e. The van der Waals surface area contributed by atoms with E-state index in [4.69, 9.17) is 13.9 Å². The highest BCUT2D eigenvalue weighted by Gasteiger charge is 2.09. The lowest BCUT2D eigenvalue weighted by Gasteiger charge is -2.19. The molecule has 0 aromatic carbocycles. The zero-order chi connectivity index (χ0) is 15.8. The van der Waals surface area contributed by atoms with Gasteiger partial charge in [0.1, 0.15) is 0 Å². The molecule has 0 aromatic heterocycles. The standard InChI is InChI=1S/C17H38O3Si/c1-5-7-13-18-17(19-14-8-6-2)20-21-15-11-9-10-12-16(3)4/h16-17H,5-15,21H2,1-4H3. The lowest BCUT2D eigenvalue weighted by Crippen LogP contribution is -2.24. The van der Waals surface area contributed by atoms with Gasteiger partial charge in [0, 0.05) is 0 Å². The molecule has 3 nitrogen and oxygen atoms in total. The maximum absolute atomic E-state index is 5.86. The molecule has 0 aliphatic carbocycles. The Bertz CT molecular complexity index is 190. The van der Waals surface area contributed by atoms with Crippen LogP contribution < -0.4 is 0 Å². The Kier molecular flexibility index (Phi) is 16.5. The summed E-state index contributed by atoms with van der Waals surface area (Å²) in [6.45, 7) is 10.0. The van der Waals surface area contributed by atoms with Crippen LogP contribution in [0.3, 0.4) is 0 Å². The van der Waals surface area contributed by atoms with Gasteiger partial charge in [-0.2, -0.15) is 0 Å². The molecule has 0 aliphatic rings.